The molecule has 0 aromatic carbocycles. The van der Waals surface area contributed by atoms with Crippen LogP contribution in [0, 0.1) is 5.41 Å². The van der Waals surface area contributed by atoms with Crippen LogP contribution in [0.15, 0.2) is 0 Å². The van der Waals surface area contributed by atoms with Crippen LogP contribution >= 0.6 is 0 Å². The average Bonchev–Trinajstić information content (AvgIpc) is 2.13. The Morgan fingerprint density at radius 3 is 2.17 bits per heavy atom. The molecule has 1 fully saturated rings. The molecule has 1 heterocycles. The molecule has 1 amide bonds. The Morgan fingerprint density at radius 1 is 1.22 bits per heavy atom. The molecule has 1 aliphatic rings. The van der Waals surface area contributed by atoms with Gasteiger partial charge < -0.3 is 15.8 Å². The Kier molecular flexibility index (Phi) is 4.44. The minimum Gasteiger partial charge on any atom is -0.381 e. The third-order valence-electron chi connectivity index (χ3n) is 3.26. The van der Waals surface area contributed by atoms with E-state index in [1.54, 1.807) is 0 Å². The first kappa shape index (κ1) is 15.4. The van der Waals surface area contributed by atoms with Gasteiger partial charge in [-0.05, 0) is 38.5 Å². The molecule has 4 nitrogen and oxygen atoms in total. The number of carbonyl (C=O) groups excluding carboxylic acids is 1. The summed E-state index contributed by atoms with van der Waals surface area (Å²) in [5, 5.41) is 3.10. The lowest BCUT2D eigenvalue weighted by atomic mass is 9.80. The van der Waals surface area contributed by atoms with Gasteiger partial charge in [0.15, 0.2) is 0 Å². The van der Waals surface area contributed by atoms with Gasteiger partial charge in [-0.2, -0.15) is 0 Å². The minimum atomic E-state index is -0.757. The first-order valence-corrected chi connectivity index (χ1v) is 6.73. The van der Waals surface area contributed by atoms with E-state index >= 15 is 0 Å². The van der Waals surface area contributed by atoms with E-state index in [1.807, 2.05) is 0 Å². The summed E-state index contributed by atoms with van der Waals surface area (Å²) >= 11 is 0. The topological polar surface area (TPSA) is 64.4 Å². The zero-order chi connectivity index (χ0) is 14.0. The van der Waals surface area contributed by atoms with Crippen molar-refractivity contribution in [2.45, 2.75) is 65.0 Å². The summed E-state index contributed by atoms with van der Waals surface area (Å²) in [6, 6.07) is 0. The lowest BCUT2D eigenvalue weighted by molar-refractivity contribution is -0.131. The smallest absolute Gasteiger partial charge is 0.240 e. The van der Waals surface area contributed by atoms with Gasteiger partial charge in [0.05, 0.1) is 5.54 Å². The number of ether oxygens (including phenoxy) is 1. The molecule has 1 saturated heterocycles. The first-order chi connectivity index (χ1) is 8.04. The van der Waals surface area contributed by atoms with Gasteiger partial charge >= 0.3 is 0 Å². The Balaban J connectivity index is 2.63. The number of amides is 1. The van der Waals surface area contributed by atoms with Gasteiger partial charge in [0.1, 0.15) is 0 Å². The maximum atomic E-state index is 12.3. The fraction of sp³-hybridized carbons (Fsp3) is 0.929. The van der Waals surface area contributed by atoms with Crippen molar-refractivity contribution >= 4 is 5.91 Å². The van der Waals surface area contributed by atoms with Crippen molar-refractivity contribution in [1.82, 2.24) is 5.32 Å². The highest BCUT2D eigenvalue weighted by Crippen LogP contribution is 2.28. The van der Waals surface area contributed by atoms with Gasteiger partial charge in [-0.1, -0.05) is 20.8 Å². The molecule has 106 valence electrons. The van der Waals surface area contributed by atoms with Crippen LogP contribution in [-0.4, -0.2) is 30.2 Å². The second kappa shape index (κ2) is 5.17. The third-order valence-corrected chi connectivity index (χ3v) is 3.26. The van der Waals surface area contributed by atoms with E-state index in [2.05, 4.69) is 39.9 Å². The van der Waals surface area contributed by atoms with Crippen molar-refractivity contribution < 1.29 is 9.53 Å². The summed E-state index contributed by atoms with van der Waals surface area (Å²) in [4.78, 5) is 12.3. The van der Waals surface area contributed by atoms with Crippen LogP contribution in [0.2, 0.25) is 0 Å². The van der Waals surface area contributed by atoms with E-state index in [0.717, 1.165) is 6.42 Å². The van der Waals surface area contributed by atoms with E-state index < -0.39 is 5.54 Å². The van der Waals surface area contributed by atoms with Crippen LogP contribution in [0.5, 0.6) is 0 Å². The second-order valence-corrected chi connectivity index (χ2v) is 7.34. The highest BCUT2D eigenvalue weighted by molar-refractivity contribution is 5.86. The molecule has 1 rings (SSSR count). The second-order valence-electron chi connectivity index (χ2n) is 7.34. The van der Waals surface area contributed by atoms with Crippen LogP contribution < -0.4 is 11.1 Å². The van der Waals surface area contributed by atoms with Crippen LogP contribution in [0.4, 0.5) is 0 Å². The van der Waals surface area contributed by atoms with E-state index in [1.165, 1.54) is 0 Å². The third kappa shape index (κ3) is 4.58. The number of carbonyl (C=O) groups is 1. The van der Waals surface area contributed by atoms with Gasteiger partial charge in [0.25, 0.3) is 0 Å². The summed E-state index contributed by atoms with van der Waals surface area (Å²) in [6.07, 6.45) is 2.12. The zero-order valence-electron chi connectivity index (χ0n) is 12.4. The SMILES string of the molecule is CC(C)(C)CC(C)(C)NC(=O)C1(N)CCOCC1. The minimum absolute atomic E-state index is 0.0416. The van der Waals surface area contributed by atoms with Gasteiger partial charge in [0, 0.05) is 18.8 Å². The number of hydrogen-bond acceptors (Lipinski definition) is 3. The highest BCUT2D eigenvalue weighted by Gasteiger charge is 2.39. The maximum absolute atomic E-state index is 12.3. The van der Waals surface area contributed by atoms with Crippen molar-refractivity contribution in [3.05, 3.63) is 0 Å². The summed E-state index contributed by atoms with van der Waals surface area (Å²) in [5.74, 6) is -0.0416. The molecule has 4 heteroatoms. The Hall–Kier alpha value is -0.610. The average molecular weight is 256 g/mol. The standard InChI is InChI=1S/C14H28N2O2/c1-12(2,3)10-13(4,5)16-11(17)14(15)6-8-18-9-7-14/h6-10,15H2,1-5H3,(H,16,17). The van der Waals surface area contributed by atoms with Gasteiger partial charge in [-0.3, -0.25) is 4.79 Å². The van der Waals surface area contributed by atoms with Gasteiger partial charge in [-0.25, -0.2) is 0 Å². The molecule has 3 N–H and O–H groups in total. The molecule has 0 spiro atoms. The largest absolute Gasteiger partial charge is 0.381 e. The van der Waals surface area contributed by atoms with Crippen molar-refractivity contribution in [1.29, 1.82) is 0 Å². The molecule has 0 radical (unpaired) electrons. The van der Waals surface area contributed by atoms with Crippen molar-refractivity contribution in [3.63, 3.8) is 0 Å². The summed E-state index contributed by atoms with van der Waals surface area (Å²) in [6.45, 7) is 11.8. The molecule has 0 bridgehead atoms. The normalized spacial score (nSPS) is 20.6. The lowest BCUT2D eigenvalue weighted by Gasteiger charge is -2.38. The highest BCUT2D eigenvalue weighted by atomic mass is 16.5. The number of rotatable bonds is 3. The molecular formula is C14H28N2O2. The monoisotopic (exact) mass is 256 g/mol. The van der Waals surface area contributed by atoms with E-state index in [4.69, 9.17) is 10.5 Å². The maximum Gasteiger partial charge on any atom is 0.240 e. The van der Waals surface area contributed by atoms with E-state index in [9.17, 15) is 4.79 Å². The Morgan fingerprint density at radius 2 is 1.72 bits per heavy atom. The fourth-order valence-electron chi connectivity index (χ4n) is 2.76. The van der Waals surface area contributed by atoms with Gasteiger partial charge in [-0.15, -0.1) is 0 Å². The molecular weight excluding hydrogens is 228 g/mol. The predicted molar refractivity (Wildman–Crippen MR) is 73.3 cm³/mol. The molecule has 0 aromatic heterocycles. The molecule has 0 atom stereocenters. The molecule has 0 unspecified atom stereocenters. The lowest BCUT2D eigenvalue weighted by Crippen LogP contribution is -2.61. The zero-order valence-corrected chi connectivity index (χ0v) is 12.4. The Bertz CT molecular complexity index is 299. The fourth-order valence-corrected chi connectivity index (χ4v) is 2.76. The van der Waals surface area contributed by atoms with Crippen LogP contribution in [0.1, 0.15) is 53.9 Å². The summed E-state index contributed by atoms with van der Waals surface area (Å²) in [5.41, 5.74) is 5.36. The molecule has 0 saturated carbocycles. The summed E-state index contributed by atoms with van der Waals surface area (Å²) < 4.78 is 5.27. The van der Waals surface area contributed by atoms with Crippen LogP contribution in [0.3, 0.4) is 0 Å². The Labute approximate surface area is 111 Å². The molecule has 18 heavy (non-hydrogen) atoms. The molecule has 1 aliphatic heterocycles. The van der Waals surface area contributed by atoms with E-state index in [0.29, 0.717) is 26.1 Å². The number of nitrogens with two attached hydrogens (primary N) is 1. The molecule has 0 aromatic rings. The van der Waals surface area contributed by atoms with Crippen molar-refractivity contribution in [2.24, 2.45) is 11.1 Å². The number of nitrogens with one attached hydrogen (secondary N) is 1. The van der Waals surface area contributed by atoms with Crippen molar-refractivity contribution in [2.75, 3.05) is 13.2 Å². The number of hydrogen-bond donors (Lipinski definition) is 2. The predicted octanol–water partition coefficient (Wildman–Crippen LogP) is 1.83. The molecule has 0 aliphatic carbocycles. The van der Waals surface area contributed by atoms with Crippen LogP contribution in [-0.2, 0) is 9.53 Å². The van der Waals surface area contributed by atoms with Crippen molar-refractivity contribution in [3.8, 4) is 0 Å². The first-order valence-electron chi connectivity index (χ1n) is 6.73. The summed E-state index contributed by atoms with van der Waals surface area (Å²) in [7, 11) is 0. The van der Waals surface area contributed by atoms with Crippen LogP contribution in [0.25, 0.3) is 0 Å². The van der Waals surface area contributed by atoms with Gasteiger partial charge in [0.2, 0.25) is 5.91 Å². The van der Waals surface area contributed by atoms with E-state index in [-0.39, 0.29) is 16.9 Å². The quantitative estimate of drug-likeness (QED) is 0.809.